The first-order valence-electron chi connectivity index (χ1n) is 15.7. The molecule has 2 rings (SSSR count). The topological polar surface area (TPSA) is 35.5 Å². The van der Waals surface area contributed by atoms with Crippen LogP contribution in [0.15, 0.2) is 30.3 Å². The number of hydrogen-bond acceptors (Lipinski definition) is 3. The standard InChI is InChI=1S/C35H54O3/c1-6-11-16-20-28-21-18-25-33(31(28)24-17-12-7-2)37-35(36)38-34-27-26-29(19-13-8-3)30(22-14-9-4)32(34)23-15-10-5/h18,21,25-27H,6-17,19-20,22-24H2,1-5H3. The Kier molecular flexibility index (Phi) is 15.9. The van der Waals surface area contributed by atoms with Gasteiger partial charge in [0.15, 0.2) is 0 Å². The highest BCUT2D eigenvalue weighted by Crippen LogP contribution is 2.32. The number of unbranched alkanes of at least 4 members (excludes halogenated alkanes) is 7. The summed E-state index contributed by atoms with van der Waals surface area (Å²) in [6.45, 7) is 11.2. The van der Waals surface area contributed by atoms with Crippen LogP contribution in [-0.4, -0.2) is 6.16 Å². The van der Waals surface area contributed by atoms with E-state index in [0.29, 0.717) is 11.5 Å². The van der Waals surface area contributed by atoms with Crippen LogP contribution >= 0.6 is 0 Å². The fourth-order valence-corrected chi connectivity index (χ4v) is 5.25. The van der Waals surface area contributed by atoms with Gasteiger partial charge in [0.2, 0.25) is 0 Å². The monoisotopic (exact) mass is 522 g/mol. The molecule has 2 aromatic rings. The van der Waals surface area contributed by atoms with Crippen LogP contribution in [0.25, 0.3) is 0 Å². The molecule has 212 valence electrons. The highest BCUT2D eigenvalue weighted by Gasteiger charge is 2.19. The van der Waals surface area contributed by atoms with Crippen LogP contribution in [0.2, 0.25) is 0 Å². The Morgan fingerprint density at radius 2 is 0.974 bits per heavy atom. The number of hydrogen-bond donors (Lipinski definition) is 0. The minimum atomic E-state index is -0.618. The lowest BCUT2D eigenvalue weighted by atomic mass is 9.90. The molecule has 0 radical (unpaired) electrons. The largest absolute Gasteiger partial charge is 0.519 e. The normalized spacial score (nSPS) is 11.1. The lowest BCUT2D eigenvalue weighted by molar-refractivity contribution is 0.151. The molecule has 0 atom stereocenters. The maximum absolute atomic E-state index is 13.2. The lowest BCUT2D eigenvalue weighted by Crippen LogP contribution is -2.17. The Balaban J connectivity index is 2.32. The summed E-state index contributed by atoms with van der Waals surface area (Å²) in [7, 11) is 0. The van der Waals surface area contributed by atoms with E-state index in [-0.39, 0.29) is 0 Å². The maximum atomic E-state index is 13.2. The molecule has 38 heavy (non-hydrogen) atoms. The third kappa shape index (κ3) is 10.5. The van der Waals surface area contributed by atoms with Crippen molar-refractivity contribution in [2.24, 2.45) is 0 Å². The summed E-state index contributed by atoms with van der Waals surface area (Å²) in [6, 6.07) is 10.3. The molecule has 0 bridgehead atoms. The number of rotatable bonds is 19. The van der Waals surface area contributed by atoms with Gasteiger partial charge in [-0.3, -0.25) is 0 Å². The Bertz CT molecular complexity index is 946. The molecular weight excluding hydrogens is 468 g/mol. The SMILES string of the molecule is CCCCCc1cccc(OC(=O)Oc2ccc(CCCC)c(CCCC)c2CCCC)c1CCCCC. The second kappa shape index (κ2) is 18.9. The predicted octanol–water partition coefficient (Wildman–Crippen LogP) is 10.8. The van der Waals surface area contributed by atoms with Crippen molar-refractivity contribution in [3.05, 3.63) is 58.1 Å². The van der Waals surface area contributed by atoms with Crippen LogP contribution < -0.4 is 9.47 Å². The van der Waals surface area contributed by atoms with Gasteiger partial charge in [-0.05, 0) is 104 Å². The van der Waals surface area contributed by atoms with Crippen molar-refractivity contribution in [3.8, 4) is 11.5 Å². The second-order valence-corrected chi connectivity index (χ2v) is 10.8. The average molecular weight is 523 g/mol. The van der Waals surface area contributed by atoms with E-state index in [9.17, 15) is 4.79 Å². The summed E-state index contributed by atoms with van der Waals surface area (Å²) in [6.07, 6.45) is 18.3. The van der Waals surface area contributed by atoms with Crippen molar-refractivity contribution in [1.29, 1.82) is 0 Å². The zero-order valence-electron chi connectivity index (χ0n) is 25.1. The predicted molar refractivity (Wildman–Crippen MR) is 162 cm³/mol. The minimum absolute atomic E-state index is 0.618. The van der Waals surface area contributed by atoms with E-state index in [2.05, 4.69) is 46.8 Å². The Hall–Kier alpha value is -2.29. The third-order valence-corrected chi connectivity index (χ3v) is 7.54. The first kappa shape index (κ1) is 31.9. The summed E-state index contributed by atoms with van der Waals surface area (Å²) < 4.78 is 11.9. The fourth-order valence-electron chi connectivity index (χ4n) is 5.25. The molecular formula is C35H54O3. The molecule has 0 aromatic heterocycles. The first-order valence-corrected chi connectivity index (χ1v) is 15.7. The molecule has 0 aliphatic carbocycles. The summed E-state index contributed by atoms with van der Waals surface area (Å²) >= 11 is 0. The molecule has 0 N–H and O–H groups in total. The molecule has 0 saturated carbocycles. The van der Waals surface area contributed by atoms with Crippen LogP contribution in [0.5, 0.6) is 11.5 Å². The molecule has 0 aliphatic heterocycles. The van der Waals surface area contributed by atoms with Crippen LogP contribution in [0.3, 0.4) is 0 Å². The third-order valence-electron chi connectivity index (χ3n) is 7.54. The van der Waals surface area contributed by atoms with Gasteiger partial charge in [-0.15, -0.1) is 0 Å². The van der Waals surface area contributed by atoms with Gasteiger partial charge in [0.1, 0.15) is 11.5 Å². The van der Waals surface area contributed by atoms with E-state index in [1.807, 2.05) is 18.2 Å². The van der Waals surface area contributed by atoms with Crippen molar-refractivity contribution in [2.45, 2.75) is 144 Å². The molecule has 3 nitrogen and oxygen atoms in total. The van der Waals surface area contributed by atoms with Crippen LogP contribution in [-0.2, 0) is 32.1 Å². The smallest absolute Gasteiger partial charge is 0.394 e. The quantitative estimate of drug-likeness (QED) is 0.105. The van der Waals surface area contributed by atoms with Crippen molar-refractivity contribution in [3.63, 3.8) is 0 Å². The maximum Gasteiger partial charge on any atom is 0.519 e. The summed E-state index contributed by atoms with van der Waals surface area (Å²) in [5.41, 5.74) is 6.52. The fraction of sp³-hybridized carbons (Fsp3) is 0.629. The Morgan fingerprint density at radius 3 is 1.61 bits per heavy atom. The molecule has 0 amide bonds. The lowest BCUT2D eigenvalue weighted by Gasteiger charge is -2.19. The van der Waals surface area contributed by atoms with Crippen LogP contribution in [0.1, 0.15) is 139 Å². The molecule has 0 saturated heterocycles. The van der Waals surface area contributed by atoms with Crippen molar-refractivity contribution in [1.82, 2.24) is 0 Å². The van der Waals surface area contributed by atoms with Gasteiger partial charge in [-0.25, -0.2) is 4.79 Å². The second-order valence-electron chi connectivity index (χ2n) is 10.8. The van der Waals surface area contributed by atoms with Gasteiger partial charge in [-0.2, -0.15) is 0 Å². The van der Waals surface area contributed by atoms with E-state index in [1.54, 1.807) is 0 Å². The number of carbonyl (C=O) groups excluding carboxylic acids is 1. The van der Waals surface area contributed by atoms with Gasteiger partial charge in [0, 0.05) is 0 Å². The molecule has 0 fully saturated rings. The van der Waals surface area contributed by atoms with Crippen molar-refractivity contribution < 1.29 is 14.3 Å². The van der Waals surface area contributed by atoms with Gasteiger partial charge in [0.25, 0.3) is 0 Å². The van der Waals surface area contributed by atoms with Crippen LogP contribution in [0, 0.1) is 0 Å². The highest BCUT2D eigenvalue weighted by molar-refractivity contribution is 5.69. The number of carbonyl (C=O) groups is 1. The molecule has 2 aromatic carbocycles. The molecule has 0 spiro atoms. The summed E-state index contributed by atoms with van der Waals surface area (Å²) in [5.74, 6) is 1.35. The Labute approximate surface area is 233 Å². The first-order chi connectivity index (χ1) is 18.6. The zero-order chi connectivity index (χ0) is 27.6. The minimum Gasteiger partial charge on any atom is -0.394 e. The van der Waals surface area contributed by atoms with Crippen molar-refractivity contribution >= 4 is 6.16 Å². The van der Waals surface area contributed by atoms with E-state index in [0.717, 1.165) is 70.6 Å². The van der Waals surface area contributed by atoms with E-state index < -0.39 is 6.16 Å². The molecule has 3 heteroatoms. The number of aryl methyl sites for hydroxylation is 2. The van der Waals surface area contributed by atoms with Gasteiger partial charge in [0.05, 0.1) is 0 Å². The molecule has 0 heterocycles. The van der Waals surface area contributed by atoms with Crippen LogP contribution in [0.4, 0.5) is 4.79 Å². The van der Waals surface area contributed by atoms with E-state index in [4.69, 9.17) is 9.47 Å². The molecule has 0 aliphatic rings. The summed E-state index contributed by atoms with van der Waals surface area (Å²) in [4.78, 5) is 13.2. The van der Waals surface area contributed by atoms with Gasteiger partial charge >= 0.3 is 6.16 Å². The zero-order valence-corrected chi connectivity index (χ0v) is 25.1. The number of benzene rings is 2. The Morgan fingerprint density at radius 1 is 0.500 bits per heavy atom. The van der Waals surface area contributed by atoms with Gasteiger partial charge < -0.3 is 9.47 Å². The molecule has 0 unspecified atom stereocenters. The van der Waals surface area contributed by atoms with E-state index >= 15 is 0 Å². The van der Waals surface area contributed by atoms with Crippen molar-refractivity contribution in [2.75, 3.05) is 0 Å². The highest BCUT2D eigenvalue weighted by atomic mass is 16.7. The summed E-state index contributed by atoms with van der Waals surface area (Å²) in [5, 5.41) is 0. The van der Waals surface area contributed by atoms with E-state index in [1.165, 1.54) is 66.3 Å². The van der Waals surface area contributed by atoms with Gasteiger partial charge in [-0.1, -0.05) is 97.8 Å². The number of ether oxygens (including phenoxy) is 2. The average Bonchev–Trinajstić information content (AvgIpc) is 2.92.